The molecule has 1 aromatic carbocycles. The number of nitrogens with zero attached hydrogens (tertiary/aromatic N) is 3. The minimum Gasteiger partial charge on any atom is -0.368 e. The molecule has 5 nitrogen and oxygen atoms in total. The largest absolute Gasteiger partial charge is 0.368 e. The number of benzene rings is 1. The van der Waals surface area contributed by atoms with Gasteiger partial charge >= 0.3 is 0 Å². The summed E-state index contributed by atoms with van der Waals surface area (Å²) in [6, 6.07) is 8.62. The fourth-order valence-corrected chi connectivity index (χ4v) is 4.36. The maximum atomic E-state index is 6.25. The number of nitrogens with one attached hydrogen (secondary N) is 1. The lowest BCUT2D eigenvalue weighted by molar-refractivity contribution is -0.102. The second-order valence-corrected chi connectivity index (χ2v) is 7.15. The summed E-state index contributed by atoms with van der Waals surface area (Å²) in [5.74, 6) is 0. The lowest BCUT2D eigenvalue weighted by atomic mass is 9.83. The Bertz CT molecular complexity index is 890. The molecule has 0 unspecified atom stereocenters. The van der Waals surface area contributed by atoms with E-state index >= 15 is 0 Å². The maximum Gasteiger partial charge on any atom is 0.112 e. The molecule has 2 aliphatic rings. The molecule has 5 heteroatoms. The van der Waals surface area contributed by atoms with E-state index in [1.54, 1.807) is 0 Å². The van der Waals surface area contributed by atoms with Gasteiger partial charge in [0.1, 0.15) is 5.60 Å². The molecule has 25 heavy (non-hydrogen) atoms. The van der Waals surface area contributed by atoms with Crippen molar-refractivity contribution in [1.29, 1.82) is 0 Å². The van der Waals surface area contributed by atoms with Crippen LogP contribution in [0.2, 0.25) is 0 Å². The number of aromatic nitrogens is 3. The van der Waals surface area contributed by atoms with E-state index in [-0.39, 0.29) is 5.60 Å². The van der Waals surface area contributed by atoms with Crippen molar-refractivity contribution in [1.82, 2.24) is 20.1 Å². The van der Waals surface area contributed by atoms with Crippen LogP contribution in [0.1, 0.15) is 29.7 Å². The average Bonchev–Trinajstić information content (AvgIpc) is 3.15. The summed E-state index contributed by atoms with van der Waals surface area (Å²) >= 11 is 0. The van der Waals surface area contributed by atoms with Gasteiger partial charge in [-0.15, -0.1) is 0 Å². The zero-order valence-electron chi connectivity index (χ0n) is 14.2. The van der Waals surface area contributed by atoms with Crippen LogP contribution in [0.3, 0.4) is 0 Å². The molecular weight excluding hydrogens is 312 g/mol. The van der Waals surface area contributed by atoms with Crippen molar-refractivity contribution >= 4 is 10.8 Å². The molecule has 2 aromatic heterocycles. The molecule has 4 heterocycles. The summed E-state index contributed by atoms with van der Waals surface area (Å²) < 4.78 is 6.25. The molecule has 0 bridgehead atoms. The number of likely N-dealkylation sites (tertiary alicyclic amines) is 1. The number of hydrogen-bond acceptors (Lipinski definition) is 4. The van der Waals surface area contributed by atoms with Gasteiger partial charge < -0.3 is 4.74 Å². The molecule has 0 atom stereocenters. The van der Waals surface area contributed by atoms with E-state index in [1.807, 2.05) is 18.6 Å². The normalized spacial score (nSPS) is 20.0. The van der Waals surface area contributed by atoms with Gasteiger partial charge in [0.05, 0.1) is 18.5 Å². The standard InChI is InChI=1S/C20H22N4O/c1-2-15-12-21-8-4-18(15)17(3-1)14-24-9-6-20(7-10-24)19-16(5-11-25-20)13-22-23-19/h1-4,8,12-13H,5-7,9-11,14H2,(H,22,23). The molecular formula is C20H22N4O. The first-order chi connectivity index (χ1) is 12.3. The number of fused-ring (bicyclic) bond motifs is 3. The van der Waals surface area contributed by atoms with E-state index in [4.69, 9.17) is 4.74 Å². The number of hydrogen-bond donors (Lipinski definition) is 1. The fourth-order valence-electron chi connectivity index (χ4n) is 4.36. The molecule has 128 valence electrons. The number of ether oxygens (including phenoxy) is 1. The summed E-state index contributed by atoms with van der Waals surface area (Å²) in [5, 5.41) is 9.98. The number of H-pyrrole nitrogens is 1. The topological polar surface area (TPSA) is 54.0 Å². The lowest BCUT2D eigenvalue weighted by Gasteiger charge is -2.43. The third-order valence-electron chi connectivity index (χ3n) is 5.75. The first-order valence-corrected chi connectivity index (χ1v) is 9.05. The van der Waals surface area contributed by atoms with Crippen molar-refractivity contribution in [2.45, 2.75) is 31.4 Å². The van der Waals surface area contributed by atoms with Gasteiger partial charge in [0.25, 0.3) is 0 Å². The lowest BCUT2D eigenvalue weighted by Crippen LogP contribution is -2.46. The summed E-state index contributed by atoms with van der Waals surface area (Å²) in [6.07, 6.45) is 8.81. The Hall–Kier alpha value is -2.24. The highest BCUT2D eigenvalue weighted by Gasteiger charge is 2.42. The number of piperidine rings is 1. The Balaban J connectivity index is 1.35. The van der Waals surface area contributed by atoms with Crippen LogP contribution in [0, 0.1) is 0 Å². The summed E-state index contributed by atoms with van der Waals surface area (Å²) in [5.41, 5.74) is 3.78. The highest BCUT2D eigenvalue weighted by Crippen LogP contribution is 2.40. The predicted molar refractivity (Wildman–Crippen MR) is 96.2 cm³/mol. The first-order valence-electron chi connectivity index (χ1n) is 9.05. The zero-order valence-corrected chi connectivity index (χ0v) is 14.2. The minimum absolute atomic E-state index is 0.150. The first kappa shape index (κ1) is 15.0. The van der Waals surface area contributed by atoms with Crippen molar-refractivity contribution in [2.75, 3.05) is 19.7 Å². The molecule has 1 fully saturated rings. The Kier molecular flexibility index (Phi) is 3.57. The van der Waals surface area contributed by atoms with Gasteiger partial charge in [-0.1, -0.05) is 18.2 Å². The van der Waals surface area contributed by atoms with Crippen LogP contribution in [-0.4, -0.2) is 39.8 Å². The number of rotatable bonds is 2. The van der Waals surface area contributed by atoms with Crippen molar-refractivity contribution < 1.29 is 4.74 Å². The van der Waals surface area contributed by atoms with Crippen LogP contribution in [0.15, 0.2) is 42.9 Å². The van der Waals surface area contributed by atoms with Gasteiger partial charge in [0.2, 0.25) is 0 Å². The second kappa shape index (κ2) is 5.93. The minimum atomic E-state index is -0.150. The van der Waals surface area contributed by atoms with Crippen LogP contribution in [0.4, 0.5) is 0 Å². The van der Waals surface area contributed by atoms with Crippen molar-refractivity contribution in [3.8, 4) is 0 Å². The summed E-state index contributed by atoms with van der Waals surface area (Å²) in [6.45, 7) is 3.87. The summed E-state index contributed by atoms with van der Waals surface area (Å²) in [7, 11) is 0. The van der Waals surface area contributed by atoms with Gasteiger partial charge in [-0.2, -0.15) is 5.10 Å². The van der Waals surface area contributed by atoms with Crippen LogP contribution >= 0.6 is 0 Å². The molecule has 0 radical (unpaired) electrons. The van der Waals surface area contributed by atoms with Gasteiger partial charge in [0, 0.05) is 37.4 Å². The third kappa shape index (κ3) is 2.55. The van der Waals surface area contributed by atoms with Crippen molar-refractivity contribution in [3.05, 3.63) is 59.7 Å². The van der Waals surface area contributed by atoms with E-state index in [0.29, 0.717) is 0 Å². The van der Waals surface area contributed by atoms with Crippen LogP contribution < -0.4 is 0 Å². The Morgan fingerprint density at radius 2 is 2.08 bits per heavy atom. The molecule has 1 N–H and O–H groups in total. The number of aromatic amines is 1. The van der Waals surface area contributed by atoms with E-state index in [9.17, 15) is 0 Å². The smallest absolute Gasteiger partial charge is 0.112 e. The molecule has 1 spiro atoms. The highest BCUT2D eigenvalue weighted by atomic mass is 16.5. The highest BCUT2D eigenvalue weighted by molar-refractivity contribution is 5.84. The van der Waals surface area contributed by atoms with E-state index in [1.165, 1.54) is 27.6 Å². The molecule has 3 aromatic rings. The monoisotopic (exact) mass is 334 g/mol. The van der Waals surface area contributed by atoms with Crippen LogP contribution in [0.5, 0.6) is 0 Å². The summed E-state index contributed by atoms with van der Waals surface area (Å²) in [4.78, 5) is 6.77. The van der Waals surface area contributed by atoms with Crippen molar-refractivity contribution in [3.63, 3.8) is 0 Å². The fraction of sp³-hybridized carbons (Fsp3) is 0.400. The van der Waals surface area contributed by atoms with E-state index in [0.717, 1.165) is 45.5 Å². The third-order valence-corrected chi connectivity index (χ3v) is 5.75. The molecule has 0 amide bonds. The molecule has 0 saturated carbocycles. The average molecular weight is 334 g/mol. The molecule has 5 rings (SSSR count). The second-order valence-electron chi connectivity index (χ2n) is 7.15. The van der Waals surface area contributed by atoms with Gasteiger partial charge in [0.15, 0.2) is 0 Å². The SMILES string of the molecule is c1cc(CN2CCC3(CC2)OCCc2cn[nH]c23)c2ccncc2c1. The van der Waals surface area contributed by atoms with Gasteiger partial charge in [-0.25, -0.2) is 0 Å². The Labute approximate surface area is 147 Å². The maximum absolute atomic E-state index is 6.25. The predicted octanol–water partition coefficient (Wildman–Crippen LogP) is 3.02. The molecule has 0 aliphatic carbocycles. The van der Waals surface area contributed by atoms with E-state index < -0.39 is 0 Å². The van der Waals surface area contributed by atoms with Gasteiger partial charge in [-0.3, -0.25) is 15.0 Å². The Morgan fingerprint density at radius 3 is 3.00 bits per heavy atom. The molecule has 2 aliphatic heterocycles. The number of pyridine rings is 1. The van der Waals surface area contributed by atoms with Gasteiger partial charge in [-0.05, 0) is 41.8 Å². The zero-order chi connectivity index (χ0) is 16.7. The van der Waals surface area contributed by atoms with E-state index in [2.05, 4.69) is 44.3 Å². The van der Waals surface area contributed by atoms with Crippen LogP contribution in [-0.2, 0) is 23.3 Å². The molecule has 1 saturated heterocycles. The van der Waals surface area contributed by atoms with Crippen molar-refractivity contribution in [2.24, 2.45) is 0 Å². The quantitative estimate of drug-likeness (QED) is 0.783. The van der Waals surface area contributed by atoms with Crippen LogP contribution in [0.25, 0.3) is 10.8 Å². The Morgan fingerprint density at radius 1 is 1.16 bits per heavy atom.